The number of hydrogen-bond acceptors (Lipinski definition) is 2. The van der Waals surface area contributed by atoms with Crippen LogP contribution in [0.5, 0.6) is 0 Å². The fraction of sp³-hybridized carbons (Fsp3) is 0.250. The lowest BCUT2D eigenvalue weighted by molar-refractivity contribution is 0.630. The van der Waals surface area contributed by atoms with Crippen molar-refractivity contribution in [2.75, 3.05) is 17.6 Å². The second kappa shape index (κ2) is 6.23. The summed E-state index contributed by atoms with van der Waals surface area (Å²) in [6.07, 6.45) is 1.89. The van der Waals surface area contributed by atoms with Crippen molar-refractivity contribution in [1.29, 1.82) is 0 Å². The molecule has 0 aromatic heterocycles. The monoisotopic (exact) mass is 258 g/mol. The third-order valence-corrected chi connectivity index (χ3v) is 3.19. The first kappa shape index (κ1) is 13.4. The zero-order valence-electron chi connectivity index (χ0n) is 11.1. The van der Waals surface area contributed by atoms with Crippen molar-refractivity contribution in [2.45, 2.75) is 19.8 Å². The summed E-state index contributed by atoms with van der Waals surface area (Å²) < 4.78 is 13.5. The third-order valence-electron chi connectivity index (χ3n) is 3.19. The van der Waals surface area contributed by atoms with Crippen LogP contribution in [0.1, 0.15) is 18.1 Å². The topological polar surface area (TPSA) is 38.0 Å². The number of para-hydroxylation sites is 1. The lowest BCUT2D eigenvalue weighted by atomic mass is 10.1. The predicted octanol–water partition coefficient (Wildman–Crippen LogP) is 3.62. The van der Waals surface area contributed by atoms with Gasteiger partial charge in [0.05, 0.1) is 11.4 Å². The Balaban J connectivity index is 1.92. The molecule has 3 heteroatoms. The summed E-state index contributed by atoms with van der Waals surface area (Å²) in [5, 5.41) is 3.06. The molecule has 0 saturated heterocycles. The molecule has 0 bridgehead atoms. The highest BCUT2D eigenvalue weighted by molar-refractivity contribution is 5.66. The minimum atomic E-state index is -0.304. The van der Waals surface area contributed by atoms with Gasteiger partial charge in [-0.05, 0) is 36.1 Å². The van der Waals surface area contributed by atoms with E-state index in [2.05, 4.69) is 36.5 Å². The lowest BCUT2D eigenvalue weighted by Gasteiger charge is -2.10. The summed E-state index contributed by atoms with van der Waals surface area (Å²) in [5.74, 6) is -0.304. The van der Waals surface area contributed by atoms with E-state index in [0.717, 1.165) is 12.8 Å². The molecule has 0 saturated carbocycles. The molecule has 0 aliphatic carbocycles. The van der Waals surface area contributed by atoms with E-state index in [0.29, 0.717) is 17.9 Å². The van der Waals surface area contributed by atoms with E-state index >= 15 is 0 Å². The first-order valence-electron chi connectivity index (χ1n) is 6.56. The molecule has 2 rings (SSSR count). The van der Waals surface area contributed by atoms with Gasteiger partial charge in [0.15, 0.2) is 0 Å². The standard InChI is InChI=1S/C16H19FN2/c1-2-12-6-8-13(9-7-12)10-11-19-16-14(17)4-3-5-15(16)18/h3-9,19H,2,10-11,18H2,1H3. The zero-order chi connectivity index (χ0) is 13.7. The average Bonchev–Trinajstić information content (AvgIpc) is 2.43. The van der Waals surface area contributed by atoms with Crippen LogP contribution in [0, 0.1) is 5.82 Å². The molecule has 0 spiro atoms. The minimum Gasteiger partial charge on any atom is -0.397 e. The first-order valence-corrected chi connectivity index (χ1v) is 6.56. The van der Waals surface area contributed by atoms with E-state index in [4.69, 9.17) is 5.73 Å². The number of hydrogen-bond donors (Lipinski definition) is 2. The Labute approximate surface area is 113 Å². The van der Waals surface area contributed by atoms with Crippen LogP contribution in [0.4, 0.5) is 15.8 Å². The Kier molecular flexibility index (Phi) is 4.39. The highest BCUT2D eigenvalue weighted by atomic mass is 19.1. The molecule has 0 aliphatic heterocycles. The quantitative estimate of drug-likeness (QED) is 0.804. The van der Waals surface area contributed by atoms with Crippen LogP contribution in [0.15, 0.2) is 42.5 Å². The van der Waals surface area contributed by atoms with Crippen LogP contribution < -0.4 is 11.1 Å². The van der Waals surface area contributed by atoms with Gasteiger partial charge in [-0.25, -0.2) is 4.39 Å². The van der Waals surface area contributed by atoms with Gasteiger partial charge in [-0.15, -0.1) is 0 Å². The summed E-state index contributed by atoms with van der Waals surface area (Å²) >= 11 is 0. The third kappa shape index (κ3) is 3.47. The Morgan fingerprint density at radius 2 is 1.74 bits per heavy atom. The lowest BCUT2D eigenvalue weighted by Crippen LogP contribution is -2.08. The van der Waals surface area contributed by atoms with E-state index in [-0.39, 0.29) is 5.82 Å². The van der Waals surface area contributed by atoms with E-state index < -0.39 is 0 Å². The summed E-state index contributed by atoms with van der Waals surface area (Å²) in [7, 11) is 0. The molecule has 0 fully saturated rings. The second-order valence-electron chi connectivity index (χ2n) is 4.55. The van der Waals surface area contributed by atoms with Crippen LogP contribution in [0.2, 0.25) is 0 Å². The summed E-state index contributed by atoms with van der Waals surface area (Å²) in [6, 6.07) is 13.2. The van der Waals surface area contributed by atoms with E-state index in [9.17, 15) is 4.39 Å². The molecule has 2 aromatic rings. The number of halogens is 1. The molecule has 0 heterocycles. The predicted molar refractivity (Wildman–Crippen MR) is 78.8 cm³/mol. The van der Waals surface area contributed by atoms with Crippen molar-refractivity contribution >= 4 is 11.4 Å². The van der Waals surface area contributed by atoms with Crippen molar-refractivity contribution in [3.8, 4) is 0 Å². The van der Waals surface area contributed by atoms with E-state index in [1.807, 2.05) is 0 Å². The van der Waals surface area contributed by atoms with Crippen molar-refractivity contribution in [2.24, 2.45) is 0 Å². The second-order valence-corrected chi connectivity index (χ2v) is 4.55. The highest BCUT2D eigenvalue weighted by Gasteiger charge is 2.04. The molecule has 0 aliphatic rings. The molecule has 0 radical (unpaired) electrons. The molecule has 0 unspecified atom stereocenters. The molecule has 3 N–H and O–H groups in total. The molecular weight excluding hydrogens is 239 g/mol. The average molecular weight is 258 g/mol. The van der Waals surface area contributed by atoms with Crippen molar-refractivity contribution in [3.05, 3.63) is 59.4 Å². The Bertz CT molecular complexity index is 515. The Morgan fingerprint density at radius 3 is 2.37 bits per heavy atom. The van der Waals surface area contributed by atoms with Crippen LogP contribution in [0.25, 0.3) is 0 Å². The maximum Gasteiger partial charge on any atom is 0.148 e. The molecule has 0 amide bonds. The van der Waals surface area contributed by atoms with Crippen LogP contribution >= 0.6 is 0 Å². The van der Waals surface area contributed by atoms with E-state index in [1.165, 1.54) is 17.2 Å². The molecule has 2 aromatic carbocycles. The van der Waals surface area contributed by atoms with Gasteiger partial charge in [-0.2, -0.15) is 0 Å². The van der Waals surface area contributed by atoms with Gasteiger partial charge in [0, 0.05) is 6.54 Å². The van der Waals surface area contributed by atoms with Crippen LogP contribution in [0.3, 0.4) is 0 Å². The van der Waals surface area contributed by atoms with E-state index in [1.54, 1.807) is 12.1 Å². The smallest absolute Gasteiger partial charge is 0.148 e. The maximum atomic E-state index is 13.5. The summed E-state index contributed by atoms with van der Waals surface area (Å²) in [4.78, 5) is 0. The molecule has 19 heavy (non-hydrogen) atoms. The number of nitrogens with two attached hydrogens (primary N) is 1. The van der Waals surface area contributed by atoms with Gasteiger partial charge in [-0.3, -0.25) is 0 Å². The summed E-state index contributed by atoms with van der Waals surface area (Å²) in [5.41, 5.74) is 9.14. The minimum absolute atomic E-state index is 0.304. The normalized spacial score (nSPS) is 10.4. The summed E-state index contributed by atoms with van der Waals surface area (Å²) in [6.45, 7) is 2.80. The first-order chi connectivity index (χ1) is 9.20. The van der Waals surface area contributed by atoms with Gasteiger partial charge in [0.1, 0.15) is 5.82 Å². The van der Waals surface area contributed by atoms with Gasteiger partial charge in [-0.1, -0.05) is 37.3 Å². The molecular formula is C16H19FN2. The van der Waals surface area contributed by atoms with Crippen molar-refractivity contribution in [1.82, 2.24) is 0 Å². The maximum absolute atomic E-state index is 13.5. The number of benzene rings is 2. The number of rotatable bonds is 5. The molecule has 100 valence electrons. The number of nitrogens with one attached hydrogen (secondary N) is 1. The van der Waals surface area contributed by atoms with Crippen molar-refractivity contribution in [3.63, 3.8) is 0 Å². The highest BCUT2D eigenvalue weighted by Crippen LogP contribution is 2.21. The Morgan fingerprint density at radius 1 is 1.05 bits per heavy atom. The fourth-order valence-electron chi connectivity index (χ4n) is 2.00. The van der Waals surface area contributed by atoms with Crippen molar-refractivity contribution < 1.29 is 4.39 Å². The van der Waals surface area contributed by atoms with Gasteiger partial charge < -0.3 is 11.1 Å². The van der Waals surface area contributed by atoms with Gasteiger partial charge in [0.2, 0.25) is 0 Å². The van der Waals surface area contributed by atoms with Gasteiger partial charge >= 0.3 is 0 Å². The van der Waals surface area contributed by atoms with Crippen LogP contribution in [-0.4, -0.2) is 6.54 Å². The zero-order valence-corrected chi connectivity index (χ0v) is 11.1. The largest absolute Gasteiger partial charge is 0.397 e. The number of aryl methyl sites for hydroxylation is 1. The van der Waals surface area contributed by atoms with Crippen LogP contribution in [-0.2, 0) is 12.8 Å². The Hall–Kier alpha value is -2.03. The fourth-order valence-corrected chi connectivity index (χ4v) is 2.00. The SMILES string of the molecule is CCc1ccc(CCNc2c(N)cccc2F)cc1. The number of nitrogen functional groups attached to an aromatic ring is 1. The number of anilines is 2. The molecule has 2 nitrogen and oxygen atoms in total. The van der Waals surface area contributed by atoms with Gasteiger partial charge in [0.25, 0.3) is 0 Å². The molecule has 0 atom stereocenters.